The Balaban J connectivity index is 2.17. The Kier molecular flexibility index (Phi) is 3.30. The Bertz CT molecular complexity index is 662. The number of hydrogen-bond acceptors (Lipinski definition) is 8. The Hall–Kier alpha value is -1.78. The monoisotopic (exact) mass is 296 g/mol. The van der Waals surface area contributed by atoms with Crippen molar-refractivity contribution < 1.29 is 24.8 Å². The van der Waals surface area contributed by atoms with Gasteiger partial charge in [-0.05, 0) is 12.1 Å². The third-order valence-electron chi connectivity index (χ3n) is 3.74. The highest BCUT2D eigenvalue weighted by molar-refractivity contribution is 5.65. The van der Waals surface area contributed by atoms with Crippen LogP contribution in [0.5, 0.6) is 0 Å². The molecule has 0 unspecified atom stereocenters. The minimum atomic E-state index is -1.65. The van der Waals surface area contributed by atoms with E-state index in [4.69, 9.17) is 15.2 Å². The van der Waals surface area contributed by atoms with Crippen molar-refractivity contribution >= 4 is 11.3 Å². The molecule has 1 fully saturated rings. The molecular weight excluding hydrogens is 280 g/mol. The van der Waals surface area contributed by atoms with Crippen molar-refractivity contribution in [1.82, 2.24) is 14.6 Å². The average molecular weight is 296 g/mol. The fourth-order valence-electron chi connectivity index (χ4n) is 2.64. The second kappa shape index (κ2) is 4.90. The van der Waals surface area contributed by atoms with Crippen LogP contribution in [0.2, 0.25) is 0 Å². The van der Waals surface area contributed by atoms with Crippen molar-refractivity contribution in [2.75, 3.05) is 19.5 Å². The van der Waals surface area contributed by atoms with E-state index in [2.05, 4.69) is 10.1 Å². The van der Waals surface area contributed by atoms with Gasteiger partial charge in [-0.3, -0.25) is 0 Å². The SMILES string of the molecule is CO[C@@]1(c2ccc3c(N)ncnn23)O[C@H](CO)[C@@H](O)[C@H]1O. The lowest BCUT2D eigenvalue weighted by molar-refractivity contribution is -0.259. The number of nitrogen functional groups attached to an aromatic ring is 1. The number of nitrogens with zero attached hydrogens (tertiary/aromatic N) is 3. The molecule has 0 amide bonds. The van der Waals surface area contributed by atoms with Gasteiger partial charge in [0.2, 0.25) is 5.79 Å². The molecule has 9 heteroatoms. The second-order valence-electron chi connectivity index (χ2n) is 4.81. The van der Waals surface area contributed by atoms with Gasteiger partial charge >= 0.3 is 0 Å². The van der Waals surface area contributed by atoms with Crippen LogP contribution in [0.15, 0.2) is 18.5 Å². The molecule has 21 heavy (non-hydrogen) atoms. The number of methoxy groups -OCH3 is 1. The topological polar surface area (TPSA) is 135 Å². The predicted octanol–water partition coefficient (Wildman–Crippen LogP) is -1.78. The number of hydrogen-bond donors (Lipinski definition) is 4. The molecule has 1 saturated heterocycles. The molecule has 9 nitrogen and oxygen atoms in total. The summed E-state index contributed by atoms with van der Waals surface area (Å²) in [6, 6.07) is 3.26. The highest BCUT2D eigenvalue weighted by Gasteiger charge is 2.57. The molecule has 3 rings (SSSR count). The zero-order valence-corrected chi connectivity index (χ0v) is 11.2. The normalized spacial score (nSPS) is 32.9. The Labute approximate surface area is 119 Å². The van der Waals surface area contributed by atoms with Crippen molar-refractivity contribution in [3.05, 3.63) is 24.2 Å². The first-order valence-electron chi connectivity index (χ1n) is 6.33. The summed E-state index contributed by atoms with van der Waals surface area (Å²) >= 11 is 0. The molecule has 0 bridgehead atoms. The van der Waals surface area contributed by atoms with Crippen molar-refractivity contribution in [3.63, 3.8) is 0 Å². The van der Waals surface area contributed by atoms with Gasteiger partial charge in [-0.15, -0.1) is 0 Å². The molecule has 4 atom stereocenters. The Morgan fingerprint density at radius 1 is 1.48 bits per heavy atom. The van der Waals surface area contributed by atoms with Gasteiger partial charge in [0.1, 0.15) is 35.8 Å². The van der Waals surface area contributed by atoms with E-state index in [-0.39, 0.29) is 5.82 Å². The van der Waals surface area contributed by atoms with Gasteiger partial charge in [-0.1, -0.05) is 0 Å². The molecule has 5 N–H and O–H groups in total. The van der Waals surface area contributed by atoms with E-state index in [0.717, 1.165) is 0 Å². The maximum absolute atomic E-state index is 10.3. The third-order valence-corrected chi connectivity index (χ3v) is 3.74. The van der Waals surface area contributed by atoms with Crippen LogP contribution >= 0.6 is 0 Å². The first-order chi connectivity index (χ1) is 10.0. The van der Waals surface area contributed by atoms with Gasteiger partial charge < -0.3 is 30.5 Å². The van der Waals surface area contributed by atoms with Crippen LogP contribution in [-0.2, 0) is 15.3 Å². The van der Waals surface area contributed by atoms with Crippen LogP contribution < -0.4 is 5.73 Å². The standard InChI is InChI=1S/C12H16N4O5/c1-20-12(10(19)9(18)7(4-17)21-12)8-3-2-6-11(13)14-5-15-16(6)8/h2-3,5,7,9-10,17-19H,4H2,1H3,(H2,13,14,15)/t7-,9-,10-,12+/m1/s1. The lowest BCUT2D eigenvalue weighted by atomic mass is 10.0. The van der Waals surface area contributed by atoms with Crippen molar-refractivity contribution in [3.8, 4) is 0 Å². The van der Waals surface area contributed by atoms with Gasteiger partial charge in [-0.2, -0.15) is 5.10 Å². The smallest absolute Gasteiger partial charge is 0.242 e. The van der Waals surface area contributed by atoms with Crippen LogP contribution in [0.1, 0.15) is 5.69 Å². The maximum Gasteiger partial charge on any atom is 0.242 e. The highest BCUT2D eigenvalue weighted by atomic mass is 16.7. The van der Waals surface area contributed by atoms with E-state index in [0.29, 0.717) is 11.2 Å². The van der Waals surface area contributed by atoms with E-state index in [1.807, 2.05) is 0 Å². The molecule has 2 aromatic rings. The number of aromatic nitrogens is 3. The van der Waals surface area contributed by atoms with Crippen LogP contribution in [0.25, 0.3) is 5.52 Å². The summed E-state index contributed by atoms with van der Waals surface area (Å²) in [4.78, 5) is 3.87. The van der Waals surface area contributed by atoms with Gasteiger partial charge in [-0.25, -0.2) is 9.50 Å². The van der Waals surface area contributed by atoms with E-state index in [1.165, 1.54) is 18.0 Å². The third kappa shape index (κ3) is 1.83. The lowest BCUT2D eigenvalue weighted by Crippen LogP contribution is -2.43. The zero-order chi connectivity index (χ0) is 15.2. The zero-order valence-electron chi connectivity index (χ0n) is 11.2. The summed E-state index contributed by atoms with van der Waals surface area (Å²) in [5, 5.41) is 33.6. The summed E-state index contributed by atoms with van der Waals surface area (Å²) < 4.78 is 12.3. The summed E-state index contributed by atoms with van der Waals surface area (Å²) in [6.45, 7) is -0.455. The van der Waals surface area contributed by atoms with Gasteiger partial charge in [0.05, 0.1) is 6.61 Å². The number of aliphatic hydroxyl groups excluding tert-OH is 3. The molecule has 114 valence electrons. The summed E-state index contributed by atoms with van der Waals surface area (Å²) in [6.07, 6.45) is -2.39. The molecule has 2 aromatic heterocycles. The Morgan fingerprint density at radius 2 is 2.24 bits per heavy atom. The van der Waals surface area contributed by atoms with Crippen molar-refractivity contribution in [2.45, 2.75) is 24.1 Å². The number of rotatable bonds is 3. The first kappa shape index (κ1) is 14.2. The number of aliphatic hydroxyl groups is 3. The van der Waals surface area contributed by atoms with E-state index in [9.17, 15) is 15.3 Å². The number of ether oxygens (including phenoxy) is 2. The second-order valence-corrected chi connectivity index (χ2v) is 4.81. The molecule has 0 aliphatic carbocycles. The lowest BCUT2D eigenvalue weighted by Gasteiger charge is -2.29. The molecule has 0 spiro atoms. The van der Waals surface area contributed by atoms with Crippen LogP contribution in [-0.4, -0.2) is 61.9 Å². The van der Waals surface area contributed by atoms with Crippen LogP contribution in [0, 0.1) is 0 Å². The number of fused-ring (bicyclic) bond motifs is 1. The van der Waals surface area contributed by atoms with Gasteiger partial charge in [0, 0.05) is 7.11 Å². The van der Waals surface area contributed by atoms with Gasteiger partial charge in [0.25, 0.3) is 0 Å². The summed E-state index contributed by atoms with van der Waals surface area (Å²) in [5.41, 5.74) is 6.62. The Morgan fingerprint density at radius 3 is 2.86 bits per heavy atom. The fraction of sp³-hybridized carbons (Fsp3) is 0.500. The fourth-order valence-corrected chi connectivity index (χ4v) is 2.64. The molecule has 1 aliphatic rings. The van der Waals surface area contributed by atoms with Crippen LogP contribution in [0.3, 0.4) is 0 Å². The summed E-state index contributed by atoms with van der Waals surface area (Å²) in [7, 11) is 1.33. The minimum Gasteiger partial charge on any atom is -0.394 e. The first-order valence-corrected chi connectivity index (χ1v) is 6.33. The minimum absolute atomic E-state index is 0.259. The average Bonchev–Trinajstić information content (AvgIpc) is 3.03. The predicted molar refractivity (Wildman–Crippen MR) is 70.1 cm³/mol. The van der Waals surface area contributed by atoms with Crippen LogP contribution in [0.4, 0.5) is 5.82 Å². The largest absolute Gasteiger partial charge is 0.394 e. The van der Waals surface area contributed by atoms with E-state index >= 15 is 0 Å². The quantitative estimate of drug-likeness (QED) is 0.522. The van der Waals surface area contributed by atoms with E-state index < -0.39 is 30.7 Å². The molecule has 1 aliphatic heterocycles. The molecule has 0 aromatic carbocycles. The molecule has 0 saturated carbocycles. The maximum atomic E-state index is 10.3. The molecule has 0 radical (unpaired) electrons. The highest BCUT2D eigenvalue weighted by Crippen LogP contribution is 2.41. The van der Waals surface area contributed by atoms with Gasteiger partial charge in [0.15, 0.2) is 5.82 Å². The molecule has 3 heterocycles. The van der Waals surface area contributed by atoms with E-state index in [1.54, 1.807) is 12.1 Å². The number of nitrogens with two attached hydrogens (primary N) is 1. The molecular formula is C12H16N4O5. The summed E-state index contributed by atoms with van der Waals surface area (Å²) in [5.74, 6) is -1.39. The van der Waals surface area contributed by atoms with Crippen molar-refractivity contribution in [2.24, 2.45) is 0 Å². The number of anilines is 1. The van der Waals surface area contributed by atoms with Crippen molar-refractivity contribution in [1.29, 1.82) is 0 Å².